The molecule has 15 atom stereocenters. The van der Waals surface area contributed by atoms with Crippen molar-refractivity contribution >= 4 is 51.1 Å². The average molecular weight is 1820 g/mol. The van der Waals surface area contributed by atoms with E-state index in [1.807, 2.05) is 0 Å². The van der Waals surface area contributed by atoms with Crippen LogP contribution in [-0.4, -0.2) is 176 Å². The Bertz CT molecular complexity index is 2750. The number of rotatable bonds is 86. The molecule has 2 rings (SSSR count). The molecule has 0 aliphatic carbocycles. The van der Waals surface area contributed by atoms with Gasteiger partial charge in [0, 0.05) is 19.5 Å². The van der Waals surface area contributed by atoms with Crippen LogP contribution in [0.25, 0.3) is 0 Å². The standard InChI is InChI=1S/C97H184N2O24P2/c1-8-14-20-26-32-38-39-40-41-47-53-59-64-70-86(105)116-80(68-62-56-50-44-35-29-23-17-11-4)74-85(104)99-90-94(120-88(107)73-79(102)67-61-55-49-43-34-28-22-16-10-3)92(109)83(119-97(90)123-124(7,110)111)77-115-96-91(98-84(103)72-78(101)66-60-54-48-42-33-27-21-15-9-2)95(93(82(76-100)118-96)122-125(112,113)114)121-89(108)75-81(69-63-57-51-45-36-30-24-18-12-5)117-87(106)71-65-58-52-46-37-31-25-19-13-6/h78-83,90-97,100-102,109H,8-77H2,1-7H3,(H,98,103)(H,99,104)(H,110,111)(H2,112,113,114)/t78-,79-,80-,81-,82?,83?,90?,91?,92?,93?,94?,95?,96?,97?/m1/s1. The van der Waals surface area contributed by atoms with Crippen LogP contribution in [0.2, 0.25) is 0 Å². The van der Waals surface area contributed by atoms with E-state index in [4.69, 9.17) is 42.2 Å². The molecule has 0 aromatic carbocycles. The fraction of sp³-hybridized carbons (Fsp3) is 0.938. The number of nitrogens with one attached hydrogen (secondary N) is 2. The third-order valence-corrected chi connectivity index (χ3v) is 25.5. The number of unbranched alkanes of at least 4 members (excludes halogenated alkanes) is 52. The molecule has 2 saturated heterocycles. The number of hydrogen-bond donors (Lipinski definition) is 9. The van der Waals surface area contributed by atoms with Crippen molar-refractivity contribution in [1.29, 1.82) is 0 Å². The topological polar surface area (TPSA) is 385 Å². The van der Waals surface area contributed by atoms with Gasteiger partial charge in [-0.3, -0.25) is 42.4 Å². The number of hydrogen-bond acceptors (Lipinski definition) is 21. The number of carbonyl (C=O) groups excluding carboxylic acids is 6. The van der Waals surface area contributed by atoms with E-state index < -0.39 is 176 Å². The minimum atomic E-state index is -5.64. The largest absolute Gasteiger partial charge is 0.470 e. The maximum absolute atomic E-state index is 14.9. The number of amides is 2. The average Bonchev–Trinajstić information content (AvgIpc) is 0.780. The Hall–Kier alpha value is -3.20. The summed E-state index contributed by atoms with van der Waals surface area (Å²) in [6, 6.07) is -3.66. The Balaban J connectivity index is 2.77. The molecule has 0 aromatic rings. The molecule has 11 unspecified atom stereocenters. The molecule has 0 aromatic heterocycles. The molecule has 28 heteroatoms. The Kier molecular flexibility index (Phi) is 72.9. The van der Waals surface area contributed by atoms with Gasteiger partial charge in [-0.25, -0.2) is 4.57 Å². The van der Waals surface area contributed by atoms with Crippen LogP contribution >= 0.6 is 15.4 Å². The second-order valence-corrected chi connectivity index (χ2v) is 39.6. The zero-order valence-corrected chi connectivity index (χ0v) is 81.3. The molecule has 2 aliphatic rings. The first-order valence-corrected chi connectivity index (χ1v) is 54.5. The summed E-state index contributed by atoms with van der Waals surface area (Å²) in [5, 5.41) is 52.2. The summed E-state index contributed by atoms with van der Waals surface area (Å²) in [6.07, 6.45) is 38.8. The van der Waals surface area contributed by atoms with Gasteiger partial charge in [-0.15, -0.1) is 0 Å². The van der Waals surface area contributed by atoms with Crippen LogP contribution in [0.4, 0.5) is 0 Å². The van der Waals surface area contributed by atoms with Crippen molar-refractivity contribution in [3.05, 3.63) is 0 Å². The van der Waals surface area contributed by atoms with Crippen LogP contribution in [-0.2, 0) is 80.1 Å². The van der Waals surface area contributed by atoms with Gasteiger partial charge in [-0.1, -0.05) is 388 Å². The van der Waals surface area contributed by atoms with Gasteiger partial charge in [0.1, 0.15) is 48.7 Å². The third kappa shape index (κ3) is 63.5. The first kappa shape index (κ1) is 118. The SMILES string of the molecule is CCCCCCCCCCCCCCCC(=O)O[C@H](CCCCCCCCCCC)CC(=O)NC1C(OP(C)(=O)O)OC(COC2OC(CO)C(OP(=O)(O)O)C(OC(=O)C[C@@H](CCCCCCCCCCC)OC(=O)CCCCCCCCCCC)C2NC(=O)C[C@H](O)CCCCCCCCCCC)C(O)C1OC(=O)C[C@H](O)CCCCCCCCCCC. The van der Waals surface area contributed by atoms with Crippen molar-refractivity contribution in [2.45, 2.75) is 564 Å². The Labute approximate surface area is 756 Å². The predicted molar refractivity (Wildman–Crippen MR) is 494 cm³/mol. The fourth-order valence-corrected chi connectivity index (χ4v) is 18.1. The second kappa shape index (κ2) is 77.3. The van der Waals surface area contributed by atoms with E-state index in [2.05, 4.69) is 52.2 Å². The minimum absolute atomic E-state index is 0.0940. The summed E-state index contributed by atoms with van der Waals surface area (Å²) in [5.41, 5.74) is 0. The summed E-state index contributed by atoms with van der Waals surface area (Å²) in [5.74, 6) is -4.78. The van der Waals surface area contributed by atoms with Gasteiger partial charge < -0.3 is 78.9 Å². The van der Waals surface area contributed by atoms with E-state index in [1.165, 1.54) is 103 Å². The zero-order chi connectivity index (χ0) is 91.8. The molecule has 2 aliphatic heterocycles. The number of carbonyl (C=O) groups is 6. The van der Waals surface area contributed by atoms with Crippen LogP contribution in [0.1, 0.15) is 478 Å². The maximum atomic E-state index is 14.9. The highest BCUT2D eigenvalue weighted by molar-refractivity contribution is 7.51. The van der Waals surface area contributed by atoms with Gasteiger partial charge >= 0.3 is 39.3 Å². The van der Waals surface area contributed by atoms with Crippen molar-refractivity contribution in [1.82, 2.24) is 10.6 Å². The van der Waals surface area contributed by atoms with Gasteiger partial charge in [-0.2, -0.15) is 0 Å². The van der Waals surface area contributed by atoms with E-state index in [-0.39, 0.29) is 32.1 Å². The normalized spacial score (nSPS) is 20.6. The van der Waals surface area contributed by atoms with E-state index in [0.29, 0.717) is 44.9 Å². The molecule has 9 N–H and O–H groups in total. The predicted octanol–water partition coefficient (Wildman–Crippen LogP) is 22.1. The molecule has 26 nitrogen and oxygen atoms in total. The Morgan fingerprint density at radius 1 is 0.344 bits per heavy atom. The summed E-state index contributed by atoms with van der Waals surface area (Å²) < 4.78 is 81.4. The van der Waals surface area contributed by atoms with Crippen LogP contribution in [0.15, 0.2) is 0 Å². The lowest BCUT2D eigenvalue weighted by Crippen LogP contribution is -2.68. The quantitative estimate of drug-likeness (QED) is 0.0118. The number of phosphoric ester groups is 1. The molecule has 0 radical (unpaired) electrons. The Morgan fingerprint density at radius 3 is 0.992 bits per heavy atom. The van der Waals surface area contributed by atoms with Gasteiger partial charge in [0.2, 0.25) is 11.8 Å². The van der Waals surface area contributed by atoms with Crippen LogP contribution in [0, 0.1) is 0 Å². The molecule has 2 fully saturated rings. The summed E-state index contributed by atoms with van der Waals surface area (Å²) in [6.45, 7) is 11.9. The van der Waals surface area contributed by atoms with Crippen molar-refractivity contribution in [3.63, 3.8) is 0 Å². The van der Waals surface area contributed by atoms with E-state index >= 15 is 0 Å². The maximum Gasteiger partial charge on any atom is 0.470 e. The van der Waals surface area contributed by atoms with Crippen LogP contribution in [0.3, 0.4) is 0 Å². The summed E-state index contributed by atoms with van der Waals surface area (Å²) >= 11 is 0. The molecular formula is C97H184N2O24P2. The highest BCUT2D eigenvalue weighted by atomic mass is 31.2. The van der Waals surface area contributed by atoms with Crippen molar-refractivity contribution < 1.29 is 115 Å². The first-order chi connectivity index (χ1) is 60.3. The van der Waals surface area contributed by atoms with Crippen LogP contribution in [0.5, 0.6) is 0 Å². The van der Waals surface area contributed by atoms with Gasteiger partial charge in [0.15, 0.2) is 24.8 Å². The highest BCUT2D eigenvalue weighted by Crippen LogP contribution is 2.44. The smallest absolute Gasteiger partial charge is 0.462 e. The molecule has 736 valence electrons. The van der Waals surface area contributed by atoms with E-state index in [0.717, 1.165) is 238 Å². The third-order valence-electron chi connectivity index (χ3n) is 24.4. The molecule has 125 heavy (non-hydrogen) atoms. The molecule has 0 saturated carbocycles. The Morgan fingerprint density at radius 2 is 0.640 bits per heavy atom. The second-order valence-electron chi connectivity index (χ2n) is 36.5. The summed E-state index contributed by atoms with van der Waals surface area (Å²) in [4.78, 5) is 118. The van der Waals surface area contributed by atoms with Gasteiger partial charge in [0.05, 0.1) is 51.1 Å². The zero-order valence-electron chi connectivity index (χ0n) is 79.5. The highest BCUT2D eigenvalue weighted by Gasteiger charge is 2.55. The molecule has 2 heterocycles. The minimum Gasteiger partial charge on any atom is -0.462 e. The van der Waals surface area contributed by atoms with Crippen molar-refractivity contribution in [2.75, 3.05) is 19.9 Å². The molecular weight excluding hydrogens is 1640 g/mol. The van der Waals surface area contributed by atoms with Gasteiger partial charge in [-0.05, 0) is 51.4 Å². The number of aliphatic hydroxyl groups is 4. The van der Waals surface area contributed by atoms with Gasteiger partial charge in [0.25, 0.3) is 0 Å². The molecule has 0 bridgehead atoms. The van der Waals surface area contributed by atoms with E-state index in [9.17, 15) is 73.0 Å². The molecule has 0 spiro atoms. The van der Waals surface area contributed by atoms with Crippen molar-refractivity contribution in [2.24, 2.45) is 0 Å². The number of esters is 4. The lowest BCUT2D eigenvalue weighted by Gasteiger charge is -2.47. The molecule has 2 amide bonds. The van der Waals surface area contributed by atoms with Crippen molar-refractivity contribution in [3.8, 4) is 0 Å². The monoisotopic (exact) mass is 1820 g/mol. The number of ether oxygens (including phenoxy) is 7. The fourth-order valence-electron chi connectivity index (χ4n) is 17.0. The lowest BCUT2D eigenvalue weighted by atomic mass is 9.95. The first-order valence-electron chi connectivity index (χ1n) is 51.0. The number of phosphoric acid groups is 1. The lowest BCUT2D eigenvalue weighted by molar-refractivity contribution is -0.296. The van der Waals surface area contributed by atoms with Crippen LogP contribution < -0.4 is 10.6 Å². The summed E-state index contributed by atoms with van der Waals surface area (Å²) in [7, 11) is -10.3. The van der Waals surface area contributed by atoms with E-state index in [1.54, 1.807) is 0 Å². The number of aliphatic hydroxyl groups excluding tert-OH is 4.